The molecule has 2 aromatic rings. The van der Waals surface area contributed by atoms with Crippen LogP contribution in [0.5, 0.6) is 0 Å². The van der Waals surface area contributed by atoms with Crippen LogP contribution in [0.4, 0.5) is 5.13 Å². The van der Waals surface area contributed by atoms with Crippen molar-refractivity contribution in [2.24, 2.45) is 5.92 Å². The van der Waals surface area contributed by atoms with Crippen molar-refractivity contribution < 1.29 is 14.7 Å². The van der Waals surface area contributed by atoms with E-state index in [1.54, 1.807) is 30.5 Å². The summed E-state index contributed by atoms with van der Waals surface area (Å²) in [5.41, 5.74) is 1.10. The summed E-state index contributed by atoms with van der Waals surface area (Å²) in [4.78, 5) is 27.9. The summed E-state index contributed by atoms with van der Waals surface area (Å²) in [6.45, 7) is 0. The van der Waals surface area contributed by atoms with Gasteiger partial charge in [-0.3, -0.25) is 4.79 Å². The number of carbonyl (C=O) groups excluding carboxylic acids is 1. The molecular weight excluding hydrogens is 324 g/mol. The first-order valence-electron chi connectivity index (χ1n) is 8.17. The van der Waals surface area contributed by atoms with E-state index in [9.17, 15) is 9.59 Å². The minimum atomic E-state index is -0.957. The molecule has 24 heavy (non-hydrogen) atoms. The molecule has 2 N–H and O–H groups in total. The second-order valence-corrected chi connectivity index (χ2v) is 7.09. The number of aromatic carboxylic acids is 1. The largest absolute Gasteiger partial charge is 0.478 e. The number of anilines is 1. The standard InChI is InChI=1S/C18H20N2O3S/c21-16(20-18-19-9-10-24-18)15(11-12-3-1-2-4-12)13-5-7-14(8-6-13)17(22)23/h5-10,12,15H,1-4,11H2,(H,22,23)(H,19,20,21). The third-order valence-electron chi connectivity index (χ3n) is 4.58. The molecule has 0 radical (unpaired) electrons. The van der Waals surface area contributed by atoms with Gasteiger partial charge in [-0.2, -0.15) is 0 Å². The monoisotopic (exact) mass is 344 g/mol. The van der Waals surface area contributed by atoms with Gasteiger partial charge in [0.2, 0.25) is 5.91 Å². The van der Waals surface area contributed by atoms with Gasteiger partial charge >= 0.3 is 5.97 Å². The molecule has 1 fully saturated rings. The van der Waals surface area contributed by atoms with Crippen molar-refractivity contribution in [3.05, 3.63) is 47.0 Å². The molecule has 1 saturated carbocycles. The number of hydrogen-bond donors (Lipinski definition) is 2. The molecule has 0 spiro atoms. The lowest BCUT2D eigenvalue weighted by Gasteiger charge is -2.20. The van der Waals surface area contributed by atoms with E-state index in [0.717, 1.165) is 24.8 Å². The second kappa shape index (κ2) is 7.57. The van der Waals surface area contributed by atoms with Gasteiger partial charge in [0.25, 0.3) is 0 Å². The predicted molar refractivity (Wildman–Crippen MR) is 93.5 cm³/mol. The Morgan fingerprint density at radius 1 is 1.25 bits per heavy atom. The molecule has 0 aliphatic heterocycles. The van der Waals surface area contributed by atoms with Gasteiger partial charge in [0.05, 0.1) is 11.5 Å². The van der Waals surface area contributed by atoms with Crippen LogP contribution in [-0.2, 0) is 4.79 Å². The lowest BCUT2D eigenvalue weighted by Crippen LogP contribution is -2.23. The predicted octanol–water partition coefficient (Wildman–Crippen LogP) is 4.14. The van der Waals surface area contributed by atoms with Gasteiger partial charge < -0.3 is 10.4 Å². The zero-order chi connectivity index (χ0) is 16.9. The highest BCUT2D eigenvalue weighted by atomic mass is 32.1. The first-order valence-corrected chi connectivity index (χ1v) is 9.05. The smallest absolute Gasteiger partial charge is 0.335 e. The number of hydrogen-bond acceptors (Lipinski definition) is 4. The van der Waals surface area contributed by atoms with Crippen molar-refractivity contribution in [2.45, 2.75) is 38.0 Å². The minimum Gasteiger partial charge on any atom is -0.478 e. The zero-order valence-electron chi connectivity index (χ0n) is 13.3. The average molecular weight is 344 g/mol. The molecule has 1 aliphatic rings. The Balaban J connectivity index is 1.80. The number of aromatic nitrogens is 1. The SMILES string of the molecule is O=C(O)c1ccc(C(CC2CCCC2)C(=O)Nc2nccs2)cc1. The zero-order valence-corrected chi connectivity index (χ0v) is 14.1. The summed E-state index contributed by atoms with van der Waals surface area (Å²) in [5.74, 6) is -0.753. The average Bonchev–Trinajstić information content (AvgIpc) is 3.26. The van der Waals surface area contributed by atoms with Gasteiger partial charge in [0.15, 0.2) is 5.13 Å². The topological polar surface area (TPSA) is 79.3 Å². The number of carboxylic acids is 1. The molecule has 1 aromatic heterocycles. The maximum atomic E-state index is 12.8. The first-order chi connectivity index (χ1) is 11.6. The van der Waals surface area contributed by atoms with Crippen molar-refractivity contribution in [1.82, 2.24) is 4.98 Å². The Kier molecular flexibility index (Phi) is 5.25. The number of nitrogens with zero attached hydrogens (tertiary/aromatic N) is 1. The van der Waals surface area contributed by atoms with Crippen molar-refractivity contribution in [3.63, 3.8) is 0 Å². The molecule has 126 valence electrons. The van der Waals surface area contributed by atoms with E-state index in [4.69, 9.17) is 5.11 Å². The highest BCUT2D eigenvalue weighted by Crippen LogP contribution is 2.35. The fraction of sp³-hybridized carbons (Fsp3) is 0.389. The lowest BCUT2D eigenvalue weighted by atomic mass is 9.87. The fourth-order valence-electron chi connectivity index (χ4n) is 3.31. The van der Waals surface area contributed by atoms with Crippen LogP contribution in [0.1, 0.15) is 53.9 Å². The summed E-state index contributed by atoms with van der Waals surface area (Å²) in [5, 5.41) is 14.3. The van der Waals surface area contributed by atoms with Gasteiger partial charge in [0.1, 0.15) is 0 Å². The van der Waals surface area contributed by atoms with Crippen molar-refractivity contribution in [3.8, 4) is 0 Å². The number of carbonyl (C=O) groups is 2. The summed E-state index contributed by atoms with van der Waals surface area (Å²) in [7, 11) is 0. The van der Waals surface area contributed by atoms with Crippen LogP contribution < -0.4 is 5.32 Å². The number of amides is 1. The molecule has 1 unspecified atom stereocenters. The van der Waals surface area contributed by atoms with Crippen LogP contribution in [-0.4, -0.2) is 22.0 Å². The molecule has 1 amide bonds. The Hall–Kier alpha value is -2.21. The van der Waals surface area contributed by atoms with Gasteiger partial charge in [0, 0.05) is 11.6 Å². The van der Waals surface area contributed by atoms with Gasteiger partial charge in [-0.05, 0) is 30.0 Å². The van der Waals surface area contributed by atoms with E-state index in [0.29, 0.717) is 11.0 Å². The van der Waals surface area contributed by atoms with Gasteiger partial charge in [-0.1, -0.05) is 37.8 Å². The Morgan fingerprint density at radius 2 is 1.96 bits per heavy atom. The van der Waals surface area contributed by atoms with E-state index in [-0.39, 0.29) is 17.4 Å². The first kappa shape index (κ1) is 16.6. The molecule has 1 atom stereocenters. The van der Waals surface area contributed by atoms with E-state index < -0.39 is 5.97 Å². The Bertz CT molecular complexity index is 692. The van der Waals surface area contributed by atoms with Crippen LogP contribution in [0.25, 0.3) is 0 Å². The second-order valence-electron chi connectivity index (χ2n) is 6.19. The van der Waals surface area contributed by atoms with Gasteiger partial charge in [-0.25, -0.2) is 9.78 Å². The molecule has 3 rings (SSSR count). The quantitative estimate of drug-likeness (QED) is 0.825. The van der Waals surface area contributed by atoms with E-state index >= 15 is 0 Å². The fourth-order valence-corrected chi connectivity index (χ4v) is 3.84. The molecule has 1 aromatic carbocycles. The Morgan fingerprint density at radius 3 is 2.54 bits per heavy atom. The van der Waals surface area contributed by atoms with Crippen LogP contribution in [0.3, 0.4) is 0 Å². The highest BCUT2D eigenvalue weighted by Gasteiger charge is 2.27. The van der Waals surface area contributed by atoms with E-state index in [2.05, 4.69) is 10.3 Å². The maximum Gasteiger partial charge on any atom is 0.335 e. The third-order valence-corrected chi connectivity index (χ3v) is 5.27. The number of thiazole rings is 1. The number of carboxylic acid groups (broad SMARTS) is 1. The third kappa shape index (κ3) is 4.00. The summed E-state index contributed by atoms with van der Waals surface area (Å²) < 4.78 is 0. The van der Waals surface area contributed by atoms with Crippen LogP contribution in [0.15, 0.2) is 35.8 Å². The highest BCUT2D eigenvalue weighted by molar-refractivity contribution is 7.13. The molecule has 6 heteroatoms. The van der Waals surface area contributed by atoms with Crippen LogP contribution in [0.2, 0.25) is 0 Å². The minimum absolute atomic E-state index is 0.0695. The molecule has 1 aliphatic carbocycles. The summed E-state index contributed by atoms with van der Waals surface area (Å²) >= 11 is 1.39. The molecule has 0 bridgehead atoms. The maximum absolute atomic E-state index is 12.8. The van der Waals surface area contributed by atoms with E-state index in [1.807, 2.05) is 5.38 Å². The van der Waals surface area contributed by atoms with Gasteiger partial charge in [-0.15, -0.1) is 11.3 Å². The van der Waals surface area contributed by atoms with Crippen molar-refractivity contribution in [2.75, 3.05) is 5.32 Å². The van der Waals surface area contributed by atoms with Crippen LogP contribution in [0, 0.1) is 5.92 Å². The molecular formula is C18H20N2O3S. The molecule has 0 saturated heterocycles. The summed E-state index contributed by atoms with van der Waals surface area (Å²) in [6.07, 6.45) is 7.23. The van der Waals surface area contributed by atoms with Crippen molar-refractivity contribution in [1.29, 1.82) is 0 Å². The lowest BCUT2D eigenvalue weighted by molar-refractivity contribution is -0.118. The Labute approximate surface area is 144 Å². The number of nitrogens with one attached hydrogen (secondary N) is 1. The summed E-state index contributed by atoms with van der Waals surface area (Å²) in [6, 6.07) is 6.64. The molecule has 5 nitrogen and oxygen atoms in total. The number of benzene rings is 1. The van der Waals surface area contributed by atoms with Crippen LogP contribution >= 0.6 is 11.3 Å². The van der Waals surface area contributed by atoms with Crippen molar-refractivity contribution >= 4 is 28.3 Å². The normalized spacial score (nSPS) is 16.0. The number of rotatable bonds is 6. The molecule has 1 heterocycles. The van der Waals surface area contributed by atoms with E-state index in [1.165, 1.54) is 24.2 Å².